The summed E-state index contributed by atoms with van der Waals surface area (Å²) in [6.45, 7) is 0.853. The van der Waals surface area contributed by atoms with Crippen LogP contribution in [-0.4, -0.2) is 12.4 Å². The summed E-state index contributed by atoms with van der Waals surface area (Å²) in [6, 6.07) is 4.40. The highest BCUT2D eigenvalue weighted by molar-refractivity contribution is 6.30. The molecular weight excluding hydrogens is 215 g/mol. The van der Waals surface area contributed by atoms with Crippen molar-refractivity contribution in [3.8, 4) is 0 Å². The van der Waals surface area contributed by atoms with Gasteiger partial charge in [-0.05, 0) is 31.0 Å². The van der Waals surface area contributed by atoms with E-state index in [4.69, 9.17) is 11.6 Å². The SMILES string of the molecule is Fc1cc(Cl)cc(NC2=NCCCC2)c1. The van der Waals surface area contributed by atoms with Gasteiger partial charge in [0.15, 0.2) is 0 Å². The average Bonchev–Trinajstić information content (AvgIpc) is 2.17. The molecule has 2 nitrogen and oxygen atoms in total. The largest absolute Gasteiger partial charge is 0.344 e. The van der Waals surface area contributed by atoms with Gasteiger partial charge < -0.3 is 5.32 Å². The maximum Gasteiger partial charge on any atom is 0.126 e. The number of hydrogen-bond acceptors (Lipinski definition) is 2. The van der Waals surface area contributed by atoms with Crippen molar-refractivity contribution in [2.24, 2.45) is 4.99 Å². The fraction of sp³-hybridized carbons (Fsp3) is 0.364. The van der Waals surface area contributed by atoms with Crippen molar-refractivity contribution in [3.63, 3.8) is 0 Å². The number of benzene rings is 1. The summed E-state index contributed by atoms with van der Waals surface area (Å²) in [5.41, 5.74) is 0.667. The lowest BCUT2D eigenvalue weighted by Gasteiger charge is -2.14. The van der Waals surface area contributed by atoms with Crippen LogP contribution in [0.1, 0.15) is 19.3 Å². The van der Waals surface area contributed by atoms with Gasteiger partial charge in [-0.15, -0.1) is 0 Å². The van der Waals surface area contributed by atoms with Crippen molar-refractivity contribution in [2.45, 2.75) is 19.3 Å². The molecule has 0 saturated heterocycles. The monoisotopic (exact) mass is 226 g/mol. The standard InChI is InChI=1S/C11H12ClFN2/c12-8-5-9(13)7-10(6-8)15-11-3-1-2-4-14-11/h5-7H,1-4H2,(H,14,15). The summed E-state index contributed by atoms with van der Waals surface area (Å²) in [7, 11) is 0. The zero-order valence-electron chi connectivity index (χ0n) is 8.26. The molecule has 0 fully saturated rings. The number of nitrogens with zero attached hydrogens (tertiary/aromatic N) is 1. The summed E-state index contributed by atoms with van der Waals surface area (Å²) in [5, 5.41) is 3.49. The van der Waals surface area contributed by atoms with Gasteiger partial charge in [0.1, 0.15) is 11.7 Å². The summed E-state index contributed by atoms with van der Waals surface area (Å²) in [6.07, 6.45) is 3.19. The zero-order valence-corrected chi connectivity index (χ0v) is 9.02. The molecule has 1 aromatic rings. The lowest BCUT2D eigenvalue weighted by Crippen LogP contribution is -2.16. The Balaban J connectivity index is 2.12. The van der Waals surface area contributed by atoms with Gasteiger partial charge in [-0.3, -0.25) is 4.99 Å². The van der Waals surface area contributed by atoms with Crippen LogP contribution in [0.4, 0.5) is 10.1 Å². The van der Waals surface area contributed by atoms with Gasteiger partial charge in [0.05, 0.1) is 0 Å². The highest BCUT2D eigenvalue weighted by Gasteiger charge is 2.06. The number of rotatable bonds is 1. The quantitative estimate of drug-likeness (QED) is 0.779. The van der Waals surface area contributed by atoms with Gasteiger partial charge in [-0.2, -0.15) is 0 Å². The number of nitrogens with one attached hydrogen (secondary N) is 1. The molecule has 0 unspecified atom stereocenters. The molecule has 80 valence electrons. The highest BCUT2D eigenvalue weighted by atomic mass is 35.5. The van der Waals surface area contributed by atoms with Crippen molar-refractivity contribution in [3.05, 3.63) is 29.0 Å². The van der Waals surface area contributed by atoms with Gasteiger partial charge in [-0.1, -0.05) is 11.6 Å². The van der Waals surface area contributed by atoms with E-state index in [1.807, 2.05) is 0 Å². The van der Waals surface area contributed by atoms with E-state index in [9.17, 15) is 4.39 Å². The van der Waals surface area contributed by atoms with Gasteiger partial charge >= 0.3 is 0 Å². The second-order valence-corrected chi connectivity index (χ2v) is 4.01. The first-order valence-corrected chi connectivity index (χ1v) is 5.38. The first-order valence-electron chi connectivity index (χ1n) is 5.00. The number of anilines is 1. The number of halogens is 2. The van der Waals surface area contributed by atoms with E-state index in [1.54, 1.807) is 6.07 Å². The average molecular weight is 227 g/mol. The summed E-state index contributed by atoms with van der Waals surface area (Å²) in [4.78, 5) is 4.32. The zero-order chi connectivity index (χ0) is 10.7. The molecule has 0 atom stereocenters. The van der Waals surface area contributed by atoms with Crippen LogP contribution in [0, 0.1) is 5.82 Å². The van der Waals surface area contributed by atoms with E-state index in [0.717, 1.165) is 31.6 Å². The third-order valence-electron chi connectivity index (χ3n) is 2.28. The van der Waals surface area contributed by atoms with Crippen LogP contribution in [-0.2, 0) is 0 Å². The molecule has 0 radical (unpaired) electrons. The summed E-state index contributed by atoms with van der Waals surface area (Å²) >= 11 is 5.75. The highest BCUT2D eigenvalue weighted by Crippen LogP contribution is 2.19. The minimum absolute atomic E-state index is 0.332. The maximum absolute atomic E-state index is 13.0. The lowest BCUT2D eigenvalue weighted by atomic mass is 10.2. The van der Waals surface area contributed by atoms with Gasteiger partial charge in [0.2, 0.25) is 0 Å². The van der Waals surface area contributed by atoms with E-state index in [0.29, 0.717) is 10.7 Å². The van der Waals surface area contributed by atoms with E-state index in [2.05, 4.69) is 10.3 Å². The predicted molar refractivity (Wildman–Crippen MR) is 61.2 cm³/mol. The first kappa shape index (κ1) is 10.4. The molecule has 1 heterocycles. The van der Waals surface area contributed by atoms with Crippen molar-refractivity contribution in [2.75, 3.05) is 11.9 Å². The normalized spacial score (nSPS) is 16.0. The molecule has 0 amide bonds. The van der Waals surface area contributed by atoms with Crippen LogP contribution in [0.5, 0.6) is 0 Å². The van der Waals surface area contributed by atoms with E-state index in [-0.39, 0.29) is 5.82 Å². The molecule has 0 spiro atoms. The molecular formula is C11H12ClFN2. The summed E-state index contributed by atoms with van der Waals surface area (Å²) < 4.78 is 13.0. The molecule has 1 aliphatic rings. The maximum atomic E-state index is 13.0. The second-order valence-electron chi connectivity index (χ2n) is 3.57. The topological polar surface area (TPSA) is 24.4 Å². The molecule has 0 saturated carbocycles. The fourth-order valence-corrected chi connectivity index (χ4v) is 1.81. The Labute approximate surface area is 93.2 Å². The summed E-state index contributed by atoms with van der Waals surface area (Å²) in [5.74, 6) is 0.587. The van der Waals surface area contributed by atoms with Gasteiger partial charge in [0, 0.05) is 23.7 Å². The third-order valence-corrected chi connectivity index (χ3v) is 2.49. The van der Waals surface area contributed by atoms with Crippen LogP contribution >= 0.6 is 11.6 Å². The predicted octanol–water partition coefficient (Wildman–Crippen LogP) is 3.47. The number of amidine groups is 1. The Kier molecular flexibility index (Phi) is 3.21. The smallest absolute Gasteiger partial charge is 0.126 e. The molecule has 15 heavy (non-hydrogen) atoms. The third kappa shape index (κ3) is 2.93. The molecule has 0 aliphatic carbocycles. The van der Waals surface area contributed by atoms with Crippen LogP contribution in [0.25, 0.3) is 0 Å². The Morgan fingerprint density at radius 1 is 1.27 bits per heavy atom. The van der Waals surface area contributed by atoms with Crippen molar-refractivity contribution in [1.82, 2.24) is 0 Å². The number of hydrogen-bond donors (Lipinski definition) is 1. The second kappa shape index (κ2) is 4.62. The Morgan fingerprint density at radius 2 is 2.13 bits per heavy atom. The van der Waals surface area contributed by atoms with Crippen LogP contribution in [0.15, 0.2) is 23.2 Å². The number of aliphatic imine (C=N–C) groups is 1. The van der Waals surface area contributed by atoms with Crippen molar-refractivity contribution >= 4 is 23.1 Å². The lowest BCUT2D eigenvalue weighted by molar-refractivity contribution is 0.628. The molecule has 1 aliphatic heterocycles. The molecule has 0 bridgehead atoms. The van der Waals surface area contributed by atoms with Crippen molar-refractivity contribution in [1.29, 1.82) is 0 Å². The van der Waals surface area contributed by atoms with Gasteiger partial charge in [0.25, 0.3) is 0 Å². The fourth-order valence-electron chi connectivity index (χ4n) is 1.59. The van der Waals surface area contributed by atoms with E-state index >= 15 is 0 Å². The van der Waals surface area contributed by atoms with Gasteiger partial charge in [-0.25, -0.2) is 4.39 Å². The van der Waals surface area contributed by atoms with E-state index in [1.165, 1.54) is 12.1 Å². The molecule has 1 N–H and O–H groups in total. The minimum atomic E-state index is -0.332. The molecule has 4 heteroatoms. The van der Waals surface area contributed by atoms with E-state index < -0.39 is 0 Å². The van der Waals surface area contributed by atoms with Crippen LogP contribution in [0.3, 0.4) is 0 Å². The Morgan fingerprint density at radius 3 is 2.80 bits per heavy atom. The van der Waals surface area contributed by atoms with Crippen molar-refractivity contribution < 1.29 is 4.39 Å². The minimum Gasteiger partial charge on any atom is -0.344 e. The Hall–Kier alpha value is -1.09. The molecule has 1 aromatic carbocycles. The first-order chi connectivity index (χ1) is 7.24. The van der Waals surface area contributed by atoms with Crippen LogP contribution in [0.2, 0.25) is 5.02 Å². The van der Waals surface area contributed by atoms with Crippen LogP contribution < -0.4 is 5.32 Å². The Bertz CT molecular complexity index is 370. The molecule has 2 rings (SSSR count). The molecule has 0 aromatic heterocycles.